The van der Waals surface area contributed by atoms with Crippen LogP contribution in [0, 0.1) is 6.92 Å². The molecule has 1 amide bonds. The molecule has 1 aliphatic heterocycles. The number of pyridine rings is 1. The normalized spacial score (nSPS) is 14.2. The first-order valence-electron chi connectivity index (χ1n) is 8.52. The molecule has 0 atom stereocenters. The van der Waals surface area contributed by atoms with Gasteiger partial charge < -0.3 is 10.2 Å². The predicted octanol–water partition coefficient (Wildman–Crippen LogP) is 2.40. The van der Waals surface area contributed by atoms with E-state index in [2.05, 4.69) is 20.6 Å². The van der Waals surface area contributed by atoms with Crippen molar-refractivity contribution in [3.8, 4) is 5.69 Å². The van der Waals surface area contributed by atoms with Gasteiger partial charge in [0.1, 0.15) is 0 Å². The number of halogens is 2. The third-order valence-electron chi connectivity index (χ3n) is 4.58. The van der Waals surface area contributed by atoms with Crippen molar-refractivity contribution in [3.05, 3.63) is 47.9 Å². The number of nitrogens with zero attached hydrogens (tertiary/aromatic N) is 5. The molecule has 1 N–H and O–H groups in total. The first-order chi connectivity index (χ1) is 12.3. The average molecular weight is 409 g/mol. The SMILES string of the molecule is Cc1c(C(=O)N2CCCNCC2)nnn1-c1cccc2ncccc12.Cl.Cl. The molecule has 7 nitrogen and oxygen atoms in total. The van der Waals surface area contributed by atoms with Gasteiger partial charge in [-0.15, -0.1) is 29.9 Å². The van der Waals surface area contributed by atoms with E-state index in [-0.39, 0.29) is 30.7 Å². The van der Waals surface area contributed by atoms with Crippen molar-refractivity contribution in [1.82, 2.24) is 30.2 Å². The Bertz CT molecular complexity index is 916. The van der Waals surface area contributed by atoms with Crippen LogP contribution in [0.4, 0.5) is 0 Å². The van der Waals surface area contributed by atoms with Gasteiger partial charge in [-0.05, 0) is 44.2 Å². The van der Waals surface area contributed by atoms with Crippen LogP contribution in [0.2, 0.25) is 0 Å². The number of hydrogen-bond acceptors (Lipinski definition) is 5. The largest absolute Gasteiger partial charge is 0.336 e. The van der Waals surface area contributed by atoms with Crippen LogP contribution in [0.3, 0.4) is 0 Å². The molecular formula is C18H22Cl2N6O. The molecule has 0 spiro atoms. The third-order valence-corrected chi connectivity index (χ3v) is 4.58. The number of fused-ring (bicyclic) bond motifs is 1. The van der Waals surface area contributed by atoms with Crippen LogP contribution in [0.25, 0.3) is 16.6 Å². The molecule has 1 saturated heterocycles. The summed E-state index contributed by atoms with van der Waals surface area (Å²) in [4.78, 5) is 19.1. The van der Waals surface area contributed by atoms with Crippen LogP contribution in [0.15, 0.2) is 36.5 Å². The number of aromatic nitrogens is 4. The molecule has 0 unspecified atom stereocenters. The van der Waals surface area contributed by atoms with Crippen molar-refractivity contribution < 1.29 is 4.79 Å². The summed E-state index contributed by atoms with van der Waals surface area (Å²) in [5.74, 6) is -0.0502. The summed E-state index contributed by atoms with van der Waals surface area (Å²) in [6, 6.07) is 9.76. The Kier molecular flexibility index (Phi) is 7.12. The molecule has 1 fully saturated rings. The van der Waals surface area contributed by atoms with E-state index >= 15 is 0 Å². The zero-order valence-electron chi connectivity index (χ0n) is 15.0. The molecular weight excluding hydrogens is 387 g/mol. The molecule has 0 bridgehead atoms. The van der Waals surface area contributed by atoms with Crippen LogP contribution in [0.5, 0.6) is 0 Å². The molecule has 3 aromatic rings. The molecule has 1 aliphatic rings. The summed E-state index contributed by atoms with van der Waals surface area (Å²) in [7, 11) is 0. The first kappa shape index (κ1) is 21.1. The smallest absolute Gasteiger partial charge is 0.276 e. The number of carbonyl (C=O) groups is 1. The van der Waals surface area contributed by atoms with Crippen LogP contribution in [-0.4, -0.2) is 57.0 Å². The van der Waals surface area contributed by atoms with E-state index in [1.807, 2.05) is 42.2 Å². The second-order valence-corrected chi connectivity index (χ2v) is 6.18. The van der Waals surface area contributed by atoms with Gasteiger partial charge in [-0.25, -0.2) is 4.68 Å². The molecule has 0 radical (unpaired) electrons. The monoisotopic (exact) mass is 408 g/mol. The summed E-state index contributed by atoms with van der Waals surface area (Å²) >= 11 is 0. The van der Waals surface area contributed by atoms with E-state index in [1.165, 1.54) is 0 Å². The summed E-state index contributed by atoms with van der Waals surface area (Å²) in [6.07, 6.45) is 2.72. The highest BCUT2D eigenvalue weighted by molar-refractivity contribution is 5.94. The van der Waals surface area contributed by atoms with Gasteiger partial charge in [-0.1, -0.05) is 11.3 Å². The molecule has 0 saturated carbocycles. The lowest BCUT2D eigenvalue weighted by molar-refractivity contribution is 0.0759. The van der Waals surface area contributed by atoms with E-state index in [9.17, 15) is 4.79 Å². The van der Waals surface area contributed by atoms with Crippen molar-refractivity contribution >= 4 is 41.6 Å². The van der Waals surface area contributed by atoms with E-state index in [4.69, 9.17) is 0 Å². The second kappa shape index (κ2) is 9.12. The van der Waals surface area contributed by atoms with E-state index in [0.717, 1.165) is 48.3 Å². The lowest BCUT2D eigenvalue weighted by Crippen LogP contribution is -2.34. The van der Waals surface area contributed by atoms with Gasteiger partial charge in [0.15, 0.2) is 5.69 Å². The maximum absolute atomic E-state index is 12.9. The minimum atomic E-state index is -0.0502. The fourth-order valence-electron chi connectivity index (χ4n) is 3.23. The van der Waals surface area contributed by atoms with Gasteiger partial charge in [0.2, 0.25) is 0 Å². The standard InChI is InChI=1S/C18H20N6O.2ClH/c1-13-17(18(25)23-11-4-8-19-10-12-23)21-22-24(13)16-7-2-6-15-14(16)5-3-9-20-15;;/h2-3,5-7,9,19H,4,8,10-12H2,1H3;2*1H. The van der Waals surface area contributed by atoms with Crippen LogP contribution in [0.1, 0.15) is 22.6 Å². The Hall–Kier alpha value is -2.22. The third kappa shape index (κ3) is 4.05. The molecule has 9 heteroatoms. The van der Waals surface area contributed by atoms with Gasteiger partial charge in [0, 0.05) is 31.2 Å². The lowest BCUT2D eigenvalue weighted by atomic mass is 10.1. The van der Waals surface area contributed by atoms with Crippen molar-refractivity contribution in [1.29, 1.82) is 0 Å². The number of rotatable bonds is 2. The van der Waals surface area contributed by atoms with Gasteiger partial charge in [-0.2, -0.15) is 0 Å². The average Bonchev–Trinajstić information content (AvgIpc) is 2.85. The Balaban J connectivity index is 0.00000131. The second-order valence-electron chi connectivity index (χ2n) is 6.18. The zero-order chi connectivity index (χ0) is 17.2. The maximum Gasteiger partial charge on any atom is 0.276 e. The molecule has 0 aliphatic carbocycles. The quantitative estimate of drug-likeness (QED) is 0.704. The molecule has 2 aromatic heterocycles. The summed E-state index contributed by atoms with van der Waals surface area (Å²) in [6.45, 7) is 5.09. The number of amides is 1. The summed E-state index contributed by atoms with van der Waals surface area (Å²) in [5, 5.41) is 12.7. The van der Waals surface area contributed by atoms with E-state index in [1.54, 1.807) is 10.9 Å². The fourth-order valence-corrected chi connectivity index (χ4v) is 3.23. The van der Waals surface area contributed by atoms with Gasteiger partial charge in [-0.3, -0.25) is 9.78 Å². The van der Waals surface area contributed by atoms with Crippen molar-refractivity contribution in [2.24, 2.45) is 0 Å². The number of carbonyl (C=O) groups excluding carboxylic acids is 1. The zero-order valence-corrected chi connectivity index (χ0v) is 16.6. The number of hydrogen-bond donors (Lipinski definition) is 1. The molecule has 1 aromatic carbocycles. The van der Waals surface area contributed by atoms with Gasteiger partial charge in [0.25, 0.3) is 5.91 Å². The van der Waals surface area contributed by atoms with Crippen LogP contribution < -0.4 is 5.32 Å². The number of benzene rings is 1. The van der Waals surface area contributed by atoms with Crippen LogP contribution >= 0.6 is 24.8 Å². The van der Waals surface area contributed by atoms with Crippen LogP contribution in [-0.2, 0) is 0 Å². The Morgan fingerprint density at radius 3 is 2.81 bits per heavy atom. The van der Waals surface area contributed by atoms with E-state index in [0.29, 0.717) is 12.2 Å². The maximum atomic E-state index is 12.9. The fraction of sp³-hybridized carbons (Fsp3) is 0.333. The summed E-state index contributed by atoms with van der Waals surface area (Å²) in [5.41, 5.74) is 2.94. The molecule has 3 heterocycles. The van der Waals surface area contributed by atoms with Crippen molar-refractivity contribution in [3.63, 3.8) is 0 Å². The lowest BCUT2D eigenvalue weighted by Gasteiger charge is -2.18. The Labute approximate surface area is 170 Å². The number of nitrogens with one attached hydrogen (secondary N) is 1. The first-order valence-corrected chi connectivity index (χ1v) is 8.52. The van der Waals surface area contributed by atoms with Gasteiger partial charge >= 0.3 is 0 Å². The highest BCUT2D eigenvalue weighted by Crippen LogP contribution is 2.22. The molecule has 4 rings (SSSR count). The Morgan fingerprint density at radius 2 is 1.96 bits per heavy atom. The predicted molar refractivity (Wildman–Crippen MR) is 109 cm³/mol. The topological polar surface area (TPSA) is 75.9 Å². The Morgan fingerprint density at radius 1 is 1.11 bits per heavy atom. The van der Waals surface area contributed by atoms with E-state index < -0.39 is 0 Å². The van der Waals surface area contributed by atoms with Crippen molar-refractivity contribution in [2.75, 3.05) is 26.2 Å². The summed E-state index contributed by atoms with van der Waals surface area (Å²) < 4.78 is 1.73. The molecule has 27 heavy (non-hydrogen) atoms. The van der Waals surface area contributed by atoms with Crippen molar-refractivity contribution in [2.45, 2.75) is 13.3 Å². The van der Waals surface area contributed by atoms with Gasteiger partial charge in [0.05, 0.1) is 16.9 Å². The minimum absolute atomic E-state index is 0. The molecule has 144 valence electrons. The highest BCUT2D eigenvalue weighted by atomic mass is 35.5. The minimum Gasteiger partial charge on any atom is -0.336 e. The highest BCUT2D eigenvalue weighted by Gasteiger charge is 2.24.